The number of carbonyl (C=O) groups is 1. The van der Waals surface area contributed by atoms with Crippen molar-refractivity contribution in [3.8, 4) is 11.3 Å². The second-order valence-electron chi connectivity index (χ2n) is 9.40. The largest absolute Gasteiger partial charge is 0.373 e. The highest BCUT2D eigenvalue weighted by Gasteiger charge is 2.48. The van der Waals surface area contributed by atoms with Crippen molar-refractivity contribution in [1.29, 1.82) is 0 Å². The molecule has 3 aromatic rings. The molecule has 2 atom stereocenters. The van der Waals surface area contributed by atoms with Gasteiger partial charge in [0.2, 0.25) is 0 Å². The highest BCUT2D eigenvalue weighted by atomic mass is 35.5. The van der Waals surface area contributed by atoms with Gasteiger partial charge in [-0.1, -0.05) is 52.6 Å². The van der Waals surface area contributed by atoms with Crippen molar-refractivity contribution in [3.63, 3.8) is 0 Å². The Hall–Kier alpha value is -2.54. The Kier molecular flexibility index (Phi) is 5.76. The van der Waals surface area contributed by atoms with Gasteiger partial charge in [-0.05, 0) is 56.4 Å². The van der Waals surface area contributed by atoms with Crippen LogP contribution in [0.15, 0.2) is 53.1 Å². The van der Waals surface area contributed by atoms with Gasteiger partial charge < -0.3 is 19.5 Å². The van der Waals surface area contributed by atoms with Crippen LogP contribution in [0.5, 0.6) is 0 Å². The average Bonchev–Trinajstić information content (AvgIpc) is 3.58. The number of rotatable bonds is 6. The van der Waals surface area contributed by atoms with Crippen molar-refractivity contribution >= 4 is 34.9 Å². The fourth-order valence-corrected chi connectivity index (χ4v) is 5.83. The Morgan fingerprint density at radius 1 is 1.03 bits per heavy atom. The highest BCUT2D eigenvalue weighted by Crippen LogP contribution is 2.47. The molecule has 0 radical (unpaired) electrons. The molecule has 2 amide bonds. The van der Waals surface area contributed by atoms with Crippen LogP contribution in [0.1, 0.15) is 49.3 Å². The number of hydrogen-bond acceptors (Lipinski definition) is 4. The number of aromatic nitrogens is 1. The minimum Gasteiger partial charge on any atom is -0.373 e. The van der Waals surface area contributed by atoms with Crippen molar-refractivity contribution in [2.24, 2.45) is 0 Å². The molecule has 7 rings (SSSR count). The SMILES string of the molecule is O=C(Nc1ccccc1)N1C2CC(OCc3c(-c4c(Cl)cccc4Cl)noc3C3CC3)CC1C2. The van der Waals surface area contributed by atoms with Crippen molar-refractivity contribution in [3.05, 3.63) is 69.9 Å². The summed E-state index contributed by atoms with van der Waals surface area (Å²) in [4.78, 5) is 14.7. The highest BCUT2D eigenvalue weighted by molar-refractivity contribution is 6.39. The van der Waals surface area contributed by atoms with Gasteiger partial charge in [0.1, 0.15) is 11.5 Å². The van der Waals surface area contributed by atoms with Crippen LogP contribution in [0.3, 0.4) is 0 Å². The van der Waals surface area contributed by atoms with Gasteiger partial charge in [-0.3, -0.25) is 0 Å². The molecule has 2 bridgehead atoms. The quantitative estimate of drug-likeness (QED) is 0.402. The number of nitrogens with zero attached hydrogens (tertiary/aromatic N) is 2. The van der Waals surface area contributed by atoms with Crippen LogP contribution in [0.25, 0.3) is 11.3 Å². The lowest BCUT2D eigenvalue weighted by molar-refractivity contribution is -0.0837. The predicted molar refractivity (Wildman–Crippen MR) is 131 cm³/mol. The van der Waals surface area contributed by atoms with Gasteiger partial charge in [0.05, 0.1) is 22.8 Å². The van der Waals surface area contributed by atoms with Crippen molar-refractivity contribution in [1.82, 2.24) is 10.1 Å². The average molecular weight is 498 g/mol. The third-order valence-corrected chi connectivity index (χ3v) is 7.72. The summed E-state index contributed by atoms with van der Waals surface area (Å²) in [7, 11) is 0. The molecule has 1 aromatic heterocycles. The Morgan fingerprint density at radius 3 is 2.41 bits per heavy atom. The molecule has 1 N–H and O–H groups in total. The lowest BCUT2D eigenvalue weighted by Crippen LogP contribution is -2.65. The van der Waals surface area contributed by atoms with Gasteiger partial charge in [0.15, 0.2) is 0 Å². The van der Waals surface area contributed by atoms with Crippen LogP contribution >= 0.6 is 23.2 Å². The van der Waals surface area contributed by atoms with E-state index in [1.54, 1.807) is 0 Å². The Balaban J connectivity index is 1.14. The summed E-state index contributed by atoms with van der Waals surface area (Å²) >= 11 is 12.9. The second-order valence-corrected chi connectivity index (χ2v) is 10.2. The Bertz CT molecular complexity index is 1180. The number of anilines is 1. The van der Waals surface area contributed by atoms with Gasteiger partial charge in [0, 0.05) is 34.8 Å². The van der Waals surface area contributed by atoms with Gasteiger partial charge in [-0.2, -0.15) is 0 Å². The zero-order chi connectivity index (χ0) is 23.2. The van der Waals surface area contributed by atoms with Gasteiger partial charge in [-0.25, -0.2) is 4.79 Å². The van der Waals surface area contributed by atoms with E-state index in [0.717, 1.165) is 49.1 Å². The van der Waals surface area contributed by atoms with Crippen molar-refractivity contribution < 1.29 is 14.1 Å². The maximum atomic E-state index is 12.8. The Morgan fingerprint density at radius 2 is 1.74 bits per heavy atom. The summed E-state index contributed by atoms with van der Waals surface area (Å²) < 4.78 is 12.1. The van der Waals surface area contributed by atoms with E-state index in [0.29, 0.717) is 33.8 Å². The monoisotopic (exact) mass is 497 g/mol. The zero-order valence-electron chi connectivity index (χ0n) is 18.5. The Labute approximate surface area is 208 Å². The topological polar surface area (TPSA) is 67.6 Å². The summed E-state index contributed by atoms with van der Waals surface area (Å²) in [5.41, 5.74) is 3.11. The fourth-order valence-electron chi connectivity index (χ4n) is 5.25. The molecular formula is C26H25Cl2N3O3. The molecule has 176 valence electrons. The third kappa shape index (κ3) is 4.08. The molecule has 2 saturated heterocycles. The maximum Gasteiger partial charge on any atom is 0.322 e. The summed E-state index contributed by atoms with van der Waals surface area (Å²) in [5, 5.41) is 8.44. The molecule has 3 heterocycles. The first-order valence-electron chi connectivity index (χ1n) is 11.8. The number of urea groups is 1. The van der Waals surface area contributed by atoms with Crippen LogP contribution in [0, 0.1) is 0 Å². The minimum atomic E-state index is -0.0309. The summed E-state index contributed by atoms with van der Waals surface area (Å²) in [6.07, 6.45) is 4.95. The number of ether oxygens (including phenoxy) is 1. The van der Waals surface area contributed by atoms with Crippen LogP contribution in [0.2, 0.25) is 10.0 Å². The first-order valence-corrected chi connectivity index (χ1v) is 12.5. The molecule has 2 aliphatic heterocycles. The van der Waals surface area contributed by atoms with E-state index in [2.05, 4.69) is 10.5 Å². The molecular weight excluding hydrogens is 473 g/mol. The molecule has 8 heteroatoms. The summed E-state index contributed by atoms with van der Waals surface area (Å²) in [5.74, 6) is 1.27. The predicted octanol–water partition coefficient (Wildman–Crippen LogP) is 6.88. The van der Waals surface area contributed by atoms with E-state index in [9.17, 15) is 4.79 Å². The number of hydrogen-bond donors (Lipinski definition) is 1. The van der Waals surface area contributed by atoms with Crippen molar-refractivity contribution in [2.75, 3.05) is 5.32 Å². The molecule has 2 saturated carbocycles. The van der Waals surface area contributed by atoms with E-state index >= 15 is 0 Å². The van der Waals surface area contributed by atoms with Gasteiger partial charge >= 0.3 is 6.03 Å². The molecule has 34 heavy (non-hydrogen) atoms. The fraction of sp³-hybridized carbons (Fsp3) is 0.385. The van der Waals surface area contributed by atoms with E-state index in [-0.39, 0.29) is 24.2 Å². The van der Waals surface area contributed by atoms with Crippen LogP contribution in [-0.4, -0.2) is 34.3 Å². The smallest absolute Gasteiger partial charge is 0.322 e. The maximum absolute atomic E-state index is 12.8. The molecule has 4 aliphatic rings. The first kappa shape index (κ1) is 22.0. The molecule has 2 aromatic carbocycles. The number of fused-ring (bicyclic) bond motifs is 2. The standard InChI is InChI=1S/C26H25Cl2N3O3/c27-21-7-4-8-22(28)23(21)24-20(25(34-30-24)15-9-10-15)14-33-19-12-17-11-18(13-19)31(17)26(32)29-16-5-2-1-3-6-16/h1-8,15,17-19H,9-14H2,(H,29,32). The lowest BCUT2D eigenvalue weighted by Gasteiger charge is -2.54. The normalized spacial score (nSPS) is 23.5. The summed E-state index contributed by atoms with van der Waals surface area (Å²) in [6, 6.07) is 15.4. The van der Waals surface area contributed by atoms with E-state index in [1.807, 2.05) is 53.4 Å². The van der Waals surface area contributed by atoms with Gasteiger partial charge in [0.25, 0.3) is 0 Å². The molecule has 0 spiro atoms. The third-order valence-electron chi connectivity index (χ3n) is 7.09. The van der Waals surface area contributed by atoms with E-state index in [1.165, 1.54) is 0 Å². The number of nitrogens with one attached hydrogen (secondary N) is 1. The van der Waals surface area contributed by atoms with Crippen LogP contribution in [-0.2, 0) is 11.3 Å². The molecule has 6 nitrogen and oxygen atoms in total. The van der Waals surface area contributed by atoms with E-state index < -0.39 is 0 Å². The summed E-state index contributed by atoms with van der Waals surface area (Å²) in [6.45, 7) is 0.395. The zero-order valence-corrected chi connectivity index (χ0v) is 20.1. The number of para-hydroxylation sites is 1. The number of halogens is 2. The van der Waals surface area contributed by atoms with Crippen LogP contribution in [0.4, 0.5) is 10.5 Å². The number of carbonyl (C=O) groups excluding carboxylic acids is 1. The second kappa shape index (κ2) is 8.91. The van der Waals surface area contributed by atoms with Gasteiger partial charge in [-0.15, -0.1) is 0 Å². The van der Waals surface area contributed by atoms with Crippen molar-refractivity contribution in [2.45, 2.75) is 62.8 Å². The molecule has 4 fully saturated rings. The molecule has 2 unspecified atom stereocenters. The van der Waals surface area contributed by atoms with Crippen LogP contribution < -0.4 is 5.32 Å². The van der Waals surface area contributed by atoms with E-state index in [4.69, 9.17) is 32.5 Å². The minimum absolute atomic E-state index is 0.0309. The number of piperidine rings is 1. The molecule has 2 aliphatic carbocycles. The number of benzene rings is 2. The lowest BCUT2D eigenvalue weighted by atomic mass is 9.78. The number of amides is 2. The first-order chi connectivity index (χ1) is 16.6.